The Labute approximate surface area is 166 Å². The number of ether oxygens (including phenoxy) is 1. The lowest BCUT2D eigenvalue weighted by Crippen LogP contribution is -2.66. The molecule has 0 radical (unpaired) electrons. The topological polar surface area (TPSA) is 55.8 Å². The molecule has 0 bridgehead atoms. The second-order valence-corrected chi connectivity index (χ2v) is 16.4. The van der Waals surface area contributed by atoms with Crippen molar-refractivity contribution in [1.29, 1.82) is 0 Å². The first-order chi connectivity index (χ1) is 12.2. The molecule has 4 nitrogen and oxygen atoms in total. The van der Waals surface area contributed by atoms with Crippen LogP contribution in [0.2, 0.25) is 18.1 Å². The Kier molecular flexibility index (Phi) is 4.97. The smallest absolute Gasteiger partial charge is 0.309 e. The van der Waals surface area contributed by atoms with Gasteiger partial charge in [-0.15, -0.1) is 0 Å². The third-order valence-electron chi connectivity index (χ3n) is 9.00. The number of hydrogen-bond donors (Lipinski definition) is 1. The number of carbonyl (C=O) groups excluding carboxylic acids is 1. The maximum Gasteiger partial charge on any atom is 0.309 e. The normalized spacial score (nSPS) is 42.1. The van der Waals surface area contributed by atoms with Gasteiger partial charge in [-0.3, -0.25) is 4.79 Å². The molecule has 156 valence electrons. The highest BCUT2D eigenvalue weighted by Crippen LogP contribution is 2.67. The zero-order chi connectivity index (χ0) is 20.5. The van der Waals surface area contributed by atoms with Crippen LogP contribution in [0.25, 0.3) is 0 Å². The van der Waals surface area contributed by atoms with E-state index in [1.165, 1.54) is 0 Å². The van der Waals surface area contributed by atoms with E-state index in [1.807, 2.05) is 0 Å². The molecular weight excluding hydrogens is 356 g/mol. The second kappa shape index (κ2) is 6.30. The molecular formula is C22H40O4Si. The summed E-state index contributed by atoms with van der Waals surface area (Å²) in [7, 11) is -1.99. The lowest BCUT2D eigenvalue weighted by atomic mass is 9.50. The van der Waals surface area contributed by atoms with Gasteiger partial charge in [-0.1, -0.05) is 41.5 Å². The standard InChI is InChI=1S/C22H40O4Si/c1-19(2,3)27(7,8)26-17-10-12-20(4,5)22(24)13-9-16(21(17,22)6)15-11-14-25-18(15)23/h15-17,24H,9-14H2,1-8H3/t15?,16-,17+,21+,22-/m1/s1. The quantitative estimate of drug-likeness (QED) is 0.544. The minimum absolute atomic E-state index is 0.00248. The number of carbonyl (C=O) groups is 1. The van der Waals surface area contributed by atoms with Crippen molar-refractivity contribution in [2.45, 2.75) is 103 Å². The van der Waals surface area contributed by atoms with Crippen LogP contribution >= 0.6 is 0 Å². The van der Waals surface area contributed by atoms with E-state index in [4.69, 9.17) is 9.16 Å². The Balaban J connectivity index is 2.03. The van der Waals surface area contributed by atoms with Crippen LogP contribution in [0, 0.1) is 22.7 Å². The molecule has 27 heavy (non-hydrogen) atoms. The van der Waals surface area contributed by atoms with E-state index in [9.17, 15) is 9.90 Å². The molecule has 1 saturated heterocycles. The molecule has 0 amide bonds. The molecule has 5 heteroatoms. The Morgan fingerprint density at radius 3 is 2.26 bits per heavy atom. The van der Waals surface area contributed by atoms with Crippen molar-refractivity contribution >= 4 is 14.3 Å². The van der Waals surface area contributed by atoms with E-state index in [0.29, 0.717) is 6.61 Å². The van der Waals surface area contributed by atoms with E-state index in [-0.39, 0.29) is 34.4 Å². The number of hydrogen-bond acceptors (Lipinski definition) is 4. The van der Waals surface area contributed by atoms with Gasteiger partial charge in [0.05, 0.1) is 24.2 Å². The molecule has 1 unspecified atom stereocenters. The summed E-state index contributed by atoms with van der Waals surface area (Å²) in [4.78, 5) is 12.5. The van der Waals surface area contributed by atoms with Gasteiger partial charge in [0.2, 0.25) is 0 Å². The molecule has 5 atom stereocenters. The van der Waals surface area contributed by atoms with Gasteiger partial charge in [0.15, 0.2) is 8.32 Å². The summed E-state index contributed by atoms with van der Waals surface area (Å²) < 4.78 is 12.3. The van der Waals surface area contributed by atoms with Gasteiger partial charge in [0, 0.05) is 5.41 Å². The number of fused-ring (bicyclic) bond motifs is 1. The summed E-state index contributed by atoms with van der Waals surface area (Å²) in [5.74, 6) is -0.0322. The molecule has 1 aliphatic heterocycles. The minimum atomic E-state index is -1.99. The first-order valence-corrected chi connectivity index (χ1v) is 13.6. The third kappa shape index (κ3) is 2.95. The number of rotatable bonds is 3. The summed E-state index contributed by atoms with van der Waals surface area (Å²) in [6.07, 6.45) is 4.33. The molecule has 0 aromatic rings. The van der Waals surface area contributed by atoms with Gasteiger partial charge in [-0.05, 0) is 61.6 Å². The van der Waals surface area contributed by atoms with Crippen molar-refractivity contribution in [1.82, 2.24) is 0 Å². The molecule has 0 spiro atoms. The molecule has 3 rings (SSSR count). The largest absolute Gasteiger partial charge is 0.465 e. The fraction of sp³-hybridized carbons (Fsp3) is 0.955. The van der Waals surface area contributed by atoms with Crippen molar-refractivity contribution in [3.8, 4) is 0 Å². The maximum absolute atomic E-state index is 12.5. The Hall–Kier alpha value is -0.393. The van der Waals surface area contributed by atoms with Crippen molar-refractivity contribution in [3.05, 3.63) is 0 Å². The lowest BCUT2D eigenvalue weighted by molar-refractivity contribution is -0.221. The molecule has 0 aromatic heterocycles. The Morgan fingerprint density at radius 1 is 1.11 bits per heavy atom. The van der Waals surface area contributed by atoms with Crippen LogP contribution in [0.1, 0.15) is 73.6 Å². The van der Waals surface area contributed by atoms with Crippen LogP contribution in [-0.4, -0.2) is 37.7 Å². The highest BCUT2D eigenvalue weighted by atomic mass is 28.4. The zero-order valence-corrected chi connectivity index (χ0v) is 19.6. The van der Waals surface area contributed by atoms with Crippen LogP contribution in [0.3, 0.4) is 0 Å². The van der Waals surface area contributed by atoms with E-state index in [0.717, 1.165) is 32.1 Å². The predicted octanol–water partition coefficient (Wildman–Crippen LogP) is 4.91. The van der Waals surface area contributed by atoms with E-state index in [1.54, 1.807) is 0 Å². The first-order valence-electron chi connectivity index (χ1n) is 10.7. The molecule has 1 N–H and O–H groups in total. The molecule has 3 aliphatic rings. The Morgan fingerprint density at radius 2 is 1.74 bits per heavy atom. The van der Waals surface area contributed by atoms with Crippen LogP contribution in [0.15, 0.2) is 0 Å². The highest BCUT2D eigenvalue weighted by Gasteiger charge is 2.70. The van der Waals surface area contributed by atoms with Crippen molar-refractivity contribution in [3.63, 3.8) is 0 Å². The van der Waals surface area contributed by atoms with Crippen LogP contribution in [0.4, 0.5) is 0 Å². The van der Waals surface area contributed by atoms with Gasteiger partial charge in [0.1, 0.15) is 0 Å². The fourth-order valence-electron chi connectivity index (χ4n) is 6.02. The summed E-state index contributed by atoms with van der Waals surface area (Å²) in [5, 5.41) is 12.2. The van der Waals surface area contributed by atoms with Crippen LogP contribution in [0.5, 0.6) is 0 Å². The van der Waals surface area contributed by atoms with E-state index in [2.05, 4.69) is 54.6 Å². The number of aliphatic hydroxyl groups is 1. The van der Waals surface area contributed by atoms with E-state index < -0.39 is 19.3 Å². The van der Waals surface area contributed by atoms with Gasteiger partial charge in [0.25, 0.3) is 0 Å². The molecule has 1 heterocycles. The first kappa shape index (κ1) is 21.3. The molecule has 3 fully saturated rings. The highest BCUT2D eigenvalue weighted by molar-refractivity contribution is 6.74. The van der Waals surface area contributed by atoms with Gasteiger partial charge in [-0.2, -0.15) is 0 Å². The Bertz CT molecular complexity index is 608. The lowest BCUT2D eigenvalue weighted by Gasteiger charge is -2.61. The summed E-state index contributed by atoms with van der Waals surface area (Å²) in [6, 6.07) is 0. The van der Waals surface area contributed by atoms with Gasteiger partial charge in [-0.25, -0.2) is 0 Å². The number of esters is 1. The SMILES string of the molecule is CC1(C)CC[C@H](O[Si](C)(C)C(C)(C)C)[C@]2(C)[C@@H](C3CCOC3=O)CC[C@@]12O. The minimum Gasteiger partial charge on any atom is -0.465 e. The van der Waals surface area contributed by atoms with Gasteiger partial charge >= 0.3 is 5.97 Å². The maximum atomic E-state index is 12.5. The predicted molar refractivity (Wildman–Crippen MR) is 110 cm³/mol. The molecule has 2 saturated carbocycles. The van der Waals surface area contributed by atoms with Crippen LogP contribution < -0.4 is 0 Å². The zero-order valence-electron chi connectivity index (χ0n) is 18.6. The van der Waals surface area contributed by atoms with Gasteiger partial charge < -0.3 is 14.3 Å². The molecule has 0 aromatic carbocycles. The number of cyclic esters (lactones) is 1. The summed E-state index contributed by atoms with van der Waals surface area (Å²) >= 11 is 0. The summed E-state index contributed by atoms with van der Waals surface area (Å²) in [5.41, 5.74) is -1.40. The average molecular weight is 397 g/mol. The van der Waals surface area contributed by atoms with Crippen molar-refractivity contribution < 1.29 is 19.1 Å². The van der Waals surface area contributed by atoms with Crippen LogP contribution in [-0.2, 0) is 14.0 Å². The summed E-state index contributed by atoms with van der Waals surface area (Å²) in [6.45, 7) is 18.5. The van der Waals surface area contributed by atoms with Crippen molar-refractivity contribution in [2.75, 3.05) is 6.61 Å². The van der Waals surface area contributed by atoms with E-state index >= 15 is 0 Å². The molecule has 2 aliphatic carbocycles. The third-order valence-corrected chi connectivity index (χ3v) is 13.5. The van der Waals surface area contributed by atoms with Crippen molar-refractivity contribution in [2.24, 2.45) is 22.7 Å². The fourth-order valence-corrected chi connectivity index (χ4v) is 7.45. The average Bonchev–Trinajstić information content (AvgIpc) is 3.05. The monoisotopic (exact) mass is 396 g/mol. The second-order valence-electron chi connectivity index (χ2n) is 11.6.